The van der Waals surface area contributed by atoms with Crippen LogP contribution in [0.3, 0.4) is 0 Å². The molecule has 1 aliphatic rings. The van der Waals surface area contributed by atoms with E-state index in [0.29, 0.717) is 12.6 Å². The summed E-state index contributed by atoms with van der Waals surface area (Å²) in [4.78, 5) is 0. The van der Waals surface area contributed by atoms with Crippen molar-refractivity contribution in [3.05, 3.63) is 0 Å². The van der Waals surface area contributed by atoms with Crippen molar-refractivity contribution in [2.45, 2.75) is 25.4 Å². The van der Waals surface area contributed by atoms with E-state index in [1.807, 2.05) is 0 Å². The second-order valence-corrected chi connectivity index (χ2v) is 2.85. The Balaban J connectivity index is 1.86. The topological polar surface area (TPSA) is 44.5 Å². The molecule has 1 heterocycles. The maximum Gasteiger partial charge on any atom is 0.0809 e. The standard InChI is InChI=1S/C8H17NO2/c9-4-2-5-10-7-8-3-1-6-11-8/h8H,1-7,9H2/t8-/m0/s1. The van der Waals surface area contributed by atoms with Crippen molar-refractivity contribution in [3.8, 4) is 0 Å². The molecule has 0 radical (unpaired) electrons. The average Bonchev–Trinajstić information content (AvgIpc) is 2.50. The molecule has 3 heteroatoms. The van der Waals surface area contributed by atoms with Crippen LogP contribution < -0.4 is 5.73 Å². The smallest absolute Gasteiger partial charge is 0.0809 e. The largest absolute Gasteiger partial charge is 0.379 e. The summed E-state index contributed by atoms with van der Waals surface area (Å²) < 4.78 is 10.7. The Morgan fingerprint density at radius 1 is 1.55 bits per heavy atom. The zero-order valence-corrected chi connectivity index (χ0v) is 6.92. The summed E-state index contributed by atoms with van der Waals surface area (Å²) in [6, 6.07) is 0. The van der Waals surface area contributed by atoms with E-state index in [0.717, 1.165) is 32.7 Å². The molecule has 0 aliphatic carbocycles. The van der Waals surface area contributed by atoms with Crippen LogP contribution in [0, 0.1) is 0 Å². The predicted octanol–water partition coefficient (Wildman–Crippen LogP) is 0.531. The molecule has 1 fully saturated rings. The van der Waals surface area contributed by atoms with Gasteiger partial charge in [0, 0.05) is 13.2 Å². The van der Waals surface area contributed by atoms with Crippen LogP contribution in [0.5, 0.6) is 0 Å². The van der Waals surface area contributed by atoms with Gasteiger partial charge in [0.25, 0.3) is 0 Å². The maximum absolute atomic E-state index is 5.38. The van der Waals surface area contributed by atoms with Gasteiger partial charge in [-0.2, -0.15) is 0 Å². The van der Waals surface area contributed by atoms with Crippen molar-refractivity contribution < 1.29 is 9.47 Å². The molecule has 2 N–H and O–H groups in total. The van der Waals surface area contributed by atoms with E-state index >= 15 is 0 Å². The molecule has 0 bridgehead atoms. The molecule has 1 saturated heterocycles. The molecular weight excluding hydrogens is 142 g/mol. The monoisotopic (exact) mass is 159 g/mol. The van der Waals surface area contributed by atoms with Crippen molar-refractivity contribution in [1.29, 1.82) is 0 Å². The Morgan fingerprint density at radius 2 is 2.45 bits per heavy atom. The number of rotatable bonds is 5. The average molecular weight is 159 g/mol. The predicted molar refractivity (Wildman–Crippen MR) is 43.5 cm³/mol. The Hall–Kier alpha value is -0.120. The molecule has 1 rings (SSSR count). The summed E-state index contributed by atoms with van der Waals surface area (Å²) >= 11 is 0. The van der Waals surface area contributed by atoms with Crippen molar-refractivity contribution in [3.63, 3.8) is 0 Å². The van der Waals surface area contributed by atoms with Crippen LogP contribution in [0.4, 0.5) is 0 Å². The lowest BCUT2D eigenvalue weighted by Crippen LogP contribution is -2.15. The fourth-order valence-electron chi connectivity index (χ4n) is 1.18. The van der Waals surface area contributed by atoms with Gasteiger partial charge >= 0.3 is 0 Å². The molecule has 11 heavy (non-hydrogen) atoms. The number of nitrogens with two attached hydrogens (primary N) is 1. The highest BCUT2D eigenvalue weighted by atomic mass is 16.5. The molecule has 0 spiro atoms. The minimum Gasteiger partial charge on any atom is -0.379 e. The molecule has 1 aliphatic heterocycles. The van der Waals surface area contributed by atoms with Gasteiger partial charge < -0.3 is 15.2 Å². The fourth-order valence-corrected chi connectivity index (χ4v) is 1.18. The number of hydrogen-bond acceptors (Lipinski definition) is 3. The van der Waals surface area contributed by atoms with Crippen molar-refractivity contribution in [1.82, 2.24) is 0 Å². The summed E-state index contributed by atoms with van der Waals surface area (Å²) in [5, 5.41) is 0. The molecule has 0 saturated carbocycles. The Labute approximate surface area is 67.9 Å². The Morgan fingerprint density at radius 3 is 3.09 bits per heavy atom. The van der Waals surface area contributed by atoms with E-state index in [4.69, 9.17) is 15.2 Å². The minimum atomic E-state index is 0.354. The van der Waals surface area contributed by atoms with Gasteiger partial charge in [-0.15, -0.1) is 0 Å². The van der Waals surface area contributed by atoms with Crippen LogP contribution in [0.2, 0.25) is 0 Å². The number of hydrogen-bond donors (Lipinski definition) is 1. The molecule has 3 nitrogen and oxygen atoms in total. The van der Waals surface area contributed by atoms with E-state index in [1.54, 1.807) is 0 Å². The summed E-state index contributed by atoms with van der Waals surface area (Å²) in [6.45, 7) is 3.15. The zero-order valence-electron chi connectivity index (χ0n) is 6.92. The number of ether oxygens (including phenoxy) is 2. The zero-order chi connectivity index (χ0) is 7.94. The lowest BCUT2D eigenvalue weighted by atomic mass is 10.2. The van der Waals surface area contributed by atoms with E-state index in [2.05, 4.69) is 0 Å². The molecule has 0 aromatic heterocycles. The van der Waals surface area contributed by atoms with Crippen LogP contribution in [0.25, 0.3) is 0 Å². The van der Waals surface area contributed by atoms with Crippen molar-refractivity contribution >= 4 is 0 Å². The van der Waals surface area contributed by atoms with Gasteiger partial charge in [-0.3, -0.25) is 0 Å². The molecule has 0 amide bonds. The first kappa shape index (κ1) is 8.97. The second kappa shape index (κ2) is 5.52. The molecule has 1 atom stereocenters. The Bertz CT molecular complexity index is 92.1. The highest BCUT2D eigenvalue weighted by molar-refractivity contribution is 4.63. The quantitative estimate of drug-likeness (QED) is 0.595. The third-order valence-electron chi connectivity index (χ3n) is 1.82. The molecule has 66 valence electrons. The van der Waals surface area contributed by atoms with Gasteiger partial charge in [-0.1, -0.05) is 0 Å². The van der Waals surface area contributed by atoms with Gasteiger partial charge in [0.05, 0.1) is 12.7 Å². The molecule has 0 unspecified atom stereocenters. The third-order valence-corrected chi connectivity index (χ3v) is 1.82. The summed E-state index contributed by atoms with van der Waals surface area (Å²) in [6.07, 6.45) is 3.65. The summed E-state index contributed by atoms with van der Waals surface area (Å²) in [5.74, 6) is 0. The molecular formula is C8H17NO2. The molecule has 0 aromatic carbocycles. The minimum absolute atomic E-state index is 0.354. The van der Waals surface area contributed by atoms with E-state index in [1.165, 1.54) is 6.42 Å². The second-order valence-electron chi connectivity index (χ2n) is 2.85. The van der Waals surface area contributed by atoms with E-state index in [9.17, 15) is 0 Å². The third kappa shape index (κ3) is 3.70. The van der Waals surface area contributed by atoms with E-state index in [-0.39, 0.29) is 0 Å². The van der Waals surface area contributed by atoms with Crippen molar-refractivity contribution in [2.75, 3.05) is 26.4 Å². The lowest BCUT2D eigenvalue weighted by Gasteiger charge is -2.08. The maximum atomic E-state index is 5.38. The van der Waals surface area contributed by atoms with Gasteiger partial charge in [-0.25, -0.2) is 0 Å². The normalized spacial score (nSPS) is 24.3. The van der Waals surface area contributed by atoms with Gasteiger partial charge in [0.2, 0.25) is 0 Å². The Kier molecular flexibility index (Phi) is 4.50. The lowest BCUT2D eigenvalue weighted by molar-refractivity contribution is 0.0170. The van der Waals surface area contributed by atoms with Gasteiger partial charge in [-0.05, 0) is 25.8 Å². The first-order chi connectivity index (χ1) is 5.43. The first-order valence-corrected chi connectivity index (χ1v) is 4.33. The highest BCUT2D eigenvalue weighted by Gasteiger charge is 2.14. The SMILES string of the molecule is NCCCOC[C@@H]1CCCO1. The van der Waals surface area contributed by atoms with Crippen LogP contribution in [-0.2, 0) is 9.47 Å². The van der Waals surface area contributed by atoms with Crippen LogP contribution >= 0.6 is 0 Å². The highest BCUT2D eigenvalue weighted by Crippen LogP contribution is 2.11. The summed E-state index contributed by atoms with van der Waals surface area (Å²) in [7, 11) is 0. The van der Waals surface area contributed by atoms with Gasteiger partial charge in [0.15, 0.2) is 0 Å². The van der Waals surface area contributed by atoms with E-state index < -0.39 is 0 Å². The van der Waals surface area contributed by atoms with Crippen LogP contribution in [-0.4, -0.2) is 32.5 Å². The molecule has 0 aromatic rings. The fraction of sp³-hybridized carbons (Fsp3) is 1.00. The van der Waals surface area contributed by atoms with Crippen LogP contribution in [0.15, 0.2) is 0 Å². The van der Waals surface area contributed by atoms with Crippen molar-refractivity contribution in [2.24, 2.45) is 5.73 Å². The van der Waals surface area contributed by atoms with Gasteiger partial charge in [0.1, 0.15) is 0 Å². The summed E-state index contributed by atoms with van der Waals surface area (Å²) in [5.41, 5.74) is 5.31. The van der Waals surface area contributed by atoms with Crippen LogP contribution in [0.1, 0.15) is 19.3 Å². The first-order valence-electron chi connectivity index (χ1n) is 4.33.